The summed E-state index contributed by atoms with van der Waals surface area (Å²) >= 11 is 0. The van der Waals surface area contributed by atoms with E-state index in [4.69, 9.17) is 4.74 Å². The van der Waals surface area contributed by atoms with Gasteiger partial charge in [-0.2, -0.15) is 0 Å². The number of benzene rings is 2. The van der Waals surface area contributed by atoms with Crippen LogP contribution in [0.3, 0.4) is 0 Å². The van der Waals surface area contributed by atoms with Gasteiger partial charge in [0.25, 0.3) is 5.91 Å². The Hall–Kier alpha value is -3.04. The summed E-state index contributed by atoms with van der Waals surface area (Å²) in [5, 5.41) is 2.64. The van der Waals surface area contributed by atoms with Gasteiger partial charge in [0.2, 0.25) is 10.0 Å². The molecule has 0 radical (unpaired) electrons. The first-order chi connectivity index (χ1) is 18.4. The normalized spacial score (nSPS) is 27.0. The second-order valence-electron chi connectivity index (χ2n) is 11.8. The Bertz CT molecular complexity index is 1350. The Morgan fingerprint density at radius 3 is 2.05 bits per heavy atom. The number of ether oxygens (including phenoxy) is 1. The number of ketones is 1. The number of nitrogens with one attached hydrogen (secondary N) is 2. The third-order valence-corrected chi connectivity index (χ3v) is 10.5. The first-order valence-corrected chi connectivity index (χ1v) is 15.2. The monoisotopic (exact) mass is 552 g/mol. The molecule has 4 fully saturated rings. The molecule has 0 saturated heterocycles. The Kier molecular flexibility index (Phi) is 7.41. The van der Waals surface area contributed by atoms with Crippen LogP contribution in [0.2, 0.25) is 0 Å². The van der Waals surface area contributed by atoms with E-state index in [0.717, 1.165) is 19.3 Å². The number of carbonyl (C=O) groups excluding carboxylic acids is 3. The molecule has 2 atom stereocenters. The number of anilines is 1. The fourth-order valence-electron chi connectivity index (χ4n) is 7.24. The van der Waals surface area contributed by atoms with Gasteiger partial charge in [0.05, 0.1) is 10.5 Å². The Morgan fingerprint density at radius 1 is 0.897 bits per heavy atom. The van der Waals surface area contributed by atoms with Crippen molar-refractivity contribution in [2.24, 2.45) is 23.2 Å². The maximum absolute atomic E-state index is 13.4. The van der Waals surface area contributed by atoms with Crippen molar-refractivity contribution >= 4 is 33.4 Å². The van der Waals surface area contributed by atoms with Crippen molar-refractivity contribution in [3.05, 3.63) is 59.7 Å². The molecule has 4 saturated carbocycles. The molecule has 0 heterocycles. The van der Waals surface area contributed by atoms with Gasteiger partial charge in [-0.1, -0.05) is 6.07 Å². The molecule has 4 bridgehead atoms. The van der Waals surface area contributed by atoms with E-state index in [1.54, 1.807) is 24.3 Å². The Labute approximate surface area is 229 Å². The number of carbonyl (C=O) groups is 3. The SMILES string of the molecule is CC(=O)c1ccc(NC(=O)[C@H](C)OC(=O)c2cccc(S(=O)(=O)N[C@@H](C)C34CC5CC(CC(C5)C3)C4)c2)cc1. The van der Waals surface area contributed by atoms with E-state index in [1.807, 2.05) is 6.92 Å². The number of sulfonamides is 1. The highest BCUT2D eigenvalue weighted by molar-refractivity contribution is 7.89. The van der Waals surface area contributed by atoms with Crippen LogP contribution < -0.4 is 10.0 Å². The summed E-state index contributed by atoms with van der Waals surface area (Å²) in [7, 11) is -3.87. The molecule has 0 aromatic heterocycles. The molecule has 0 unspecified atom stereocenters. The van der Waals surface area contributed by atoms with Crippen LogP contribution in [-0.4, -0.2) is 38.2 Å². The average Bonchev–Trinajstić information content (AvgIpc) is 2.88. The number of esters is 1. The minimum Gasteiger partial charge on any atom is -0.449 e. The zero-order valence-electron chi connectivity index (χ0n) is 22.6. The molecule has 4 aliphatic carbocycles. The molecule has 1 amide bonds. The quantitative estimate of drug-likeness (QED) is 0.335. The van der Waals surface area contributed by atoms with Crippen LogP contribution in [0.15, 0.2) is 53.4 Å². The van der Waals surface area contributed by atoms with Gasteiger partial charge in [0.15, 0.2) is 11.9 Å². The molecule has 2 aromatic rings. The molecule has 39 heavy (non-hydrogen) atoms. The molecular formula is C30H36N2O6S. The van der Waals surface area contributed by atoms with Gasteiger partial charge in [-0.25, -0.2) is 17.9 Å². The molecule has 4 aliphatic rings. The van der Waals surface area contributed by atoms with Crippen LogP contribution in [0, 0.1) is 23.2 Å². The Morgan fingerprint density at radius 2 is 1.49 bits per heavy atom. The smallest absolute Gasteiger partial charge is 0.338 e. The maximum atomic E-state index is 13.4. The molecule has 0 spiro atoms. The van der Waals surface area contributed by atoms with Crippen molar-refractivity contribution in [3.63, 3.8) is 0 Å². The molecule has 8 nitrogen and oxygen atoms in total. The number of hydrogen-bond donors (Lipinski definition) is 2. The van der Waals surface area contributed by atoms with Crippen molar-refractivity contribution in [1.29, 1.82) is 0 Å². The number of hydrogen-bond acceptors (Lipinski definition) is 6. The molecule has 9 heteroatoms. The lowest BCUT2D eigenvalue weighted by molar-refractivity contribution is -0.123. The number of Topliss-reactive ketones (excluding diaryl/α,β-unsaturated/α-hetero) is 1. The fourth-order valence-corrected chi connectivity index (χ4v) is 8.63. The lowest BCUT2D eigenvalue weighted by atomic mass is 9.48. The van der Waals surface area contributed by atoms with E-state index in [2.05, 4.69) is 10.0 Å². The highest BCUT2D eigenvalue weighted by Gasteiger charge is 2.53. The van der Waals surface area contributed by atoms with E-state index in [1.165, 1.54) is 57.4 Å². The second kappa shape index (κ2) is 10.5. The van der Waals surface area contributed by atoms with Crippen LogP contribution in [0.5, 0.6) is 0 Å². The minimum atomic E-state index is -3.87. The third kappa shape index (κ3) is 5.79. The van der Waals surface area contributed by atoms with E-state index < -0.39 is 28.0 Å². The second-order valence-corrected chi connectivity index (χ2v) is 13.5. The van der Waals surface area contributed by atoms with Gasteiger partial charge >= 0.3 is 5.97 Å². The largest absolute Gasteiger partial charge is 0.449 e. The lowest BCUT2D eigenvalue weighted by Gasteiger charge is -2.59. The van der Waals surface area contributed by atoms with E-state index in [0.29, 0.717) is 29.0 Å². The van der Waals surface area contributed by atoms with E-state index in [-0.39, 0.29) is 27.7 Å². The maximum Gasteiger partial charge on any atom is 0.338 e. The summed E-state index contributed by atoms with van der Waals surface area (Å²) in [6.07, 6.45) is 5.96. The summed E-state index contributed by atoms with van der Waals surface area (Å²) in [6, 6.07) is 11.9. The summed E-state index contributed by atoms with van der Waals surface area (Å²) in [5.41, 5.74) is 1.03. The molecule has 2 aromatic carbocycles. The highest BCUT2D eigenvalue weighted by Crippen LogP contribution is 2.61. The van der Waals surface area contributed by atoms with Crippen molar-refractivity contribution < 1.29 is 27.5 Å². The first-order valence-electron chi connectivity index (χ1n) is 13.7. The molecular weight excluding hydrogens is 516 g/mol. The predicted octanol–water partition coefficient (Wildman–Crippen LogP) is 4.96. The van der Waals surface area contributed by atoms with Gasteiger partial charge in [0, 0.05) is 17.3 Å². The van der Waals surface area contributed by atoms with Crippen molar-refractivity contribution in [3.8, 4) is 0 Å². The van der Waals surface area contributed by atoms with Crippen molar-refractivity contribution in [2.45, 2.75) is 76.3 Å². The standard InChI is InChI=1S/C30H36N2O6S/c1-18(33)24-7-9-26(10-8-24)31-28(34)19(2)38-29(35)25-5-4-6-27(14-25)39(36,37)32-20(3)30-15-21-11-22(16-30)13-23(12-21)17-30/h4-10,14,19-23,32H,11-13,15-17H2,1-3H3,(H,31,34)/t19-,20-,21?,22?,23?,30?/m0/s1. The van der Waals surface area contributed by atoms with Gasteiger partial charge in [-0.15, -0.1) is 0 Å². The fraction of sp³-hybridized carbons (Fsp3) is 0.500. The molecule has 6 rings (SSSR count). The topological polar surface area (TPSA) is 119 Å². The van der Waals surface area contributed by atoms with Crippen molar-refractivity contribution in [2.75, 3.05) is 5.32 Å². The highest BCUT2D eigenvalue weighted by atomic mass is 32.2. The van der Waals surface area contributed by atoms with Gasteiger partial charge in [-0.3, -0.25) is 9.59 Å². The molecule has 2 N–H and O–H groups in total. The van der Waals surface area contributed by atoms with E-state index in [9.17, 15) is 22.8 Å². The summed E-state index contributed by atoms with van der Waals surface area (Å²) in [6.45, 7) is 4.87. The Balaban J connectivity index is 1.22. The van der Waals surface area contributed by atoms with Crippen molar-refractivity contribution in [1.82, 2.24) is 4.72 Å². The van der Waals surface area contributed by atoms with Crippen LogP contribution in [0.1, 0.15) is 80.0 Å². The summed E-state index contributed by atoms with van der Waals surface area (Å²) in [5.74, 6) is 0.697. The van der Waals surface area contributed by atoms with E-state index >= 15 is 0 Å². The molecule has 0 aliphatic heterocycles. The summed E-state index contributed by atoms with van der Waals surface area (Å²) < 4.78 is 35.0. The minimum absolute atomic E-state index is 0.00352. The predicted molar refractivity (Wildman–Crippen MR) is 147 cm³/mol. The van der Waals surface area contributed by atoms with Crippen LogP contribution >= 0.6 is 0 Å². The zero-order valence-corrected chi connectivity index (χ0v) is 23.4. The van der Waals surface area contributed by atoms with Gasteiger partial charge in [-0.05, 0) is 125 Å². The van der Waals surface area contributed by atoms with Crippen LogP contribution in [0.4, 0.5) is 5.69 Å². The van der Waals surface area contributed by atoms with Gasteiger partial charge < -0.3 is 10.1 Å². The summed E-state index contributed by atoms with van der Waals surface area (Å²) in [4.78, 5) is 36.8. The lowest BCUT2D eigenvalue weighted by Crippen LogP contribution is -2.55. The van der Waals surface area contributed by atoms with Crippen LogP contribution in [0.25, 0.3) is 0 Å². The zero-order chi connectivity index (χ0) is 27.9. The average molecular weight is 553 g/mol. The number of rotatable bonds is 9. The third-order valence-electron chi connectivity index (χ3n) is 8.93. The molecule has 208 valence electrons. The first kappa shape index (κ1) is 27.5. The number of amides is 1. The van der Waals surface area contributed by atoms with Gasteiger partial charge in [0.1, 0.15) is 0 Å². The van der Waals surface area contributed by atoms with Crippen LogP contribution in [-0.2, 0) is 19.6 Å².